The van der Waals surface area contributed by atoms with E-state index in [1.807, 2.05) is 47.7 Å². The lowest BCUT2D eigenvalue weighted by Crippen LogP contribution is -1.96. The van der Waals surface area contributed by atoms with Crippen LogP contribution in [0.15, 0.2) is 170 Å². The van der Waals surface area contributed by atoms with Crippen molar-refractivity contribution in [3.05, 3.63) is 181 Å². The van der Waals surface area contributed by atoms with Gasteiger partial charge in [-0.1, -0.05) is 91.0 Å². The van der Waals surface area contributed by atoms with Crippen molar-refractivity contribution in [2.24, 2.45) is 0 Å². The summed E-state index contributed by atoms with van der Waals surface area (Å²) in [5, 5.41) is 26.5. The zero-order valence-electron chi connectivity index (χ0n) is 29.4. The van der Waals surface area contributed by atoms with Crippen LogP contribution in [0.2, 0.25) is 0 Å². The molecule has 0 atom stereocenters. The molecule has 55 heavy (non-hydrogen) atoms. The van der Waals surface area contributed by atoms with Crippen molar-refractivity contribution in [3.8, 4) is 45.8 Å². The van der Waals surface area contributed by atoms with Gasteiger partial charge in [-0.3, -0.25) is 0 Å². The van der Waals surface area contributed by atoms with Crippen molar-refractivity contribution >= 4 is 75.1 Å². The molecule has 0 bridgehead atoms. The topological polar surface area (TPSA) is 57.4 Å². The molecule has 11 rings (SSSR count). The van der Waals surface area contributed by atoms with E-state index in [0.29, 0.717) is 11.1 Å². The van der Waals surface area contributed by atoms with Crippen molar-refractivity contribution in [1.29, 1.82) is 10.5 Å². The lowest BCUT2D eigenvalue weighted by Gasteiger charge is -2.15. The van der Waals surface area contributed by atoms with E-state index in [-0.39, 0.29) is 0 Å². The molecule has 4 nitrogen and oxygen atoms in total. The molecular formula is C50H28N4S. The van der Waals surface area contributed by atoms with Crippen molar-refractivity contribution in [3.63, 3.8) is 0 Å². The Morgan fingerprint density at radius 3 is 1.56 bits per heavy atom. The Morgan fingerprint density at radius 1 is 0.400 bits per heavy atom. The van der Waals surface area contributed by atoms with Gasteiger partial charge in [0.05, 0.1) is 45.3 Å². The zero-order chi connectivity index (χ0) is 36.6. The summed E-state index contributed by atoms with van der Waals surface area (Å²) in [7, 11) is 0. The molecule has 0 unspecified atom stereocenters. The van der Waals surface area contributed by atoms with E-state index in [0.717, 1.165) is 55.4 Å². The molecule has 0 radical (unpaired) electrons. The number of hydrogen-bond acceptors (Lipinski definition) is 3. The summed E-state index contributed by atoms with van der Waals surface area (Å²) in [5.41, 5.74) is 12.2. The first kappa shape index (κ1) is 31.1. The summed E-state index contributed by atoms with van der Waals surface area (Å²) < 4.78 is 7.28. The fraction of sp³-hybridized carbons (Fsp3) is 0. The van der Waals surface area contributed by atoms with Crippen molar-refractivity contribution in [2.45, 2.75) is 0 Å². The first-order valence-electron chi connectivity index (χ1n) is 18.2. The van der Waals surface area contributed by atoms with Crippen molar-refractivity contribution in [2.75, 3.05) is 0 Å². The highest BCUT2D eigenvalue weighted by Gasteiger charge is 2.19. The maximum atomic E-state index is 9.69. The minimum atomic E-state index is 0.591. The van der Waals surface area contributed by atoms with Gasteiger partial charge in [0.15, 0.2) is 0 Å². The monoisotopic (exact) mass is 716 g/mol. The highest BCUT2D eigenvalue weighted by molar-refractivity contribution is 7.26. The Kier molecular flexibility index (Phi) is 6.82. The van der Waals surface area contributed by atoms with E-state index < -0.39 is 0 Å². The smallest absolute Gasteiger partial charge is 0.0991 e. The van der Waals surface area contributed by atoms with Gasteiger partial charge in [0.25, 0.3) is 0 Å². The Morgan fingerprint density at radius 2 is 0.927 bits per heavy atom. The standard InChI is InChI=1S/C50H28N4S/c51-29-31-19-22-45-42(25-31)43-26-32(30-52)20-23-46(43)53(45)35-11-7-9-33(27-35)37-13-1-2-14-38(37)34-10-8-12-36(28-34)54-44-17-5-3-16-41(44)49-47(54)24-21-40-39-15-4-6-18-48(39)55-50(40)49/h1-28H. The predicted octanol–water partition coefficient (Wildman–Crippen LogP) is 13.3. The van der Waals surface area contributed by atoms with Crippen molar-refractivity contribution in [1.82, 2.24) is 9.13 Å². The minimum Gasteiger partial charge on any atom is -0.309 e. The van der Waals surface area contributed by atoms with Gasteiger partial charge in [0.1, 0.15) is 0 Å². The fourth-order valence-corrected chi connectivity index (χ4v) is 9.82. The van der Waals surface area contributed by atoms with E-state index in [9.17, 15) is 10.5 Å². The molecule has 0 aliphatic rings. The van der Waals surface area contributed by atoms with E-state index in [1.54, 1.807) is 0 Å². The van der Waals surface area contributed by atoms with Gasteiger partial charge < -0.3 is 9.13 Å². The lowest BCUT2D eigenvalue weighted by molar-refractivity contribution is 1.18. The molecule has 3 aromatic heterocycles. The first-order valence-corrected chi connectivity index (χ1v) is 19.0. The molecule has 0 amide bonds. The number of aromatic nitrogens is 2. The van der Waals surface area contributed by atoms with Gasteiger partial charge in [0, 0.05) is 53.1 Å². The molecule has 254 valence electrons. The van der Waals surface area contributed by atoms with Gasteiger partial charge in [0.2, 0.25) is 0 Å². The van der Waals surface area contributed by atoms with Gasteiger partial charge in [-0.05, 0) is 101 Å². The summed E-state index contributed by atoms with van der Waals surface area (Å²) in [6, 6.07) is 64.4. The second-order valence-electron chi connectivity index (χ2n) is 14.0. The number of thiophene rings is 1. The summed E-state index contributed by atoms with van der Waals surface area (Å²) in [4.78, 5) is 0. The molecule has 0 aliphatic carbocycles. The maximum absolute atomic E-state index is 9.69. The summed E-state index contributed by atoms with van der Waals surface area (Å²) in [6.07, 6.45) is 0. The van der Waals surface area contributed by atoms with Crippen LogP contribution in [0.4, 0.5) is 0 Å². The zero-order valence-corrected chi connectivity index (χ0v) is 30.2. The van der Waals surface area contributed by atoms with E-state index in [2.05, 4.69) is 155 Å². The fourth-order valence-electron chi connectivity index (χ4n) is 8.57. The number of para-hydroxylation sites is 1. The predicted molar refractivity (Wildman–Crippen MR) is 228 cm³/mol. The molecule has 0 aliphatic heterocycles. The summed E-state index contributed by atoms with van der Waals surface area (Å²) in [5.74, 6) is 0. The average molecular weight is 717 g/mol. The minimum absolute atomic E-state index is 0.591. The SMILES string of the molecule is N#Cc1ccc2c(c1)c1cc(C#N)ccc1n2-c1cccc(-c2ccccc2-c2cccc(-n3c4ccccc4c4c5sc6ccccc6c5ccc43)c2)c1. The van der Waals surface area contributed by atoms with Gasteiger partial charge in [-0.2, -0.15) is 10.5 Å². The lowest BCUT2D eigenvalue weighted by atomic mass is 9.94. The van der Waals surface area contributed by atoms with Gasteiger partial charge >= 0.3 is 0 Å². The summed E-state index contributed by atoms with van der Waals surface area (Å²) >= 11 is 1.88. The molecule has 3 heterocycles. The number of hydrogen-bond donors (Lipinski definition) is 0. The summed E-state index contributed by atoms with van der Waals surface area (Å²) in [6.45, 7) is 0. The van der Waals surface area contributed by atoms with Crippen LogP contribution in [0.3, 0.4) is 0 Å². The van der Waals surface area contributed by atoms with Crippen LogP contribution in [-0.4, -0.2) is 9.13 Å². The highest BCUT2D eigenvalue weighted by Crippen LogP contribution is 2.44. The van der Waals surface area contributed by atoms with E-state index >= 15 is 0 Å². The van der Waals surface area contributed by atoms with Crippen LogP contribution in [0.5, 0.6) is 0 Å². The molecule has 0 saturated heterocycles. The van der Waals surface area contributed by atoms with Crippen LogP contribution in [0.25, 0.3) is 97.4 Å². The third-order valence-electron chi connectivity index (χ3n) is 11.0. The van der Waals surface area contributed by atoms with Crippen LogP contribution >= 0.6 is 11.3 Å². The van der Waals surface area contributed by atoms with Gasteiger partial charge in [-0.25, -0.2) is 0 Å². The van der Waals surface area contributed by atoms with Crippen molar-refractivity contribution < 1.29 is 0 Å². The molecule has 11 aromatic rings. The largest absolute Gasteiger partial charge is 0.309 e. The average Bonchev–Trinajstić information content (AvgIpc) is 3.91. The Labute approximate surface area is 320 Å². The number of nitrogens with zero attached hydrogens (tertiary/aromatic N) is 4. The van der Waals surface area contributed by atoms with Crippen LogP contribution in [0.1, 0.15) is 11.1 Å². The Hall–Kier alpha value is -7.44. The second kappa shape index (κ2) is 12.0. The molecule has 0 N–H and O–H groups in total. The molecule has 5 heteroatoms. The first-order chi connectivity index (χ1) is 27.2. The highest BCUT2D eigenvalue weighted by atomic mass is 32.1. The van der Waals surface area contributed by atoms with Crippen LogP contribution < -0.4 is 0 Å². The van der Waals surface area contributed by atoms with E-state index in [4.69, 9.17) is 0 Å². The molecule has 0 fully saturated rings. The molecular weight excluding hydrogens is 689 g/mol. The van der Waals surface area contributed by atoms with Crippen LogP contribution in [0, 0.1) is 22.7 Å². The third-order valence-corrected chi connectivity index (χ3v) is 12.2. The Balaban J connectivity index is 1.07. The molecule has 0 saturated carbocycles. The normalized spacial score (nSPS) is 11.6. The third kappa shape index (κ3) is 4.68. The maximum Gasteiger partial charge on any atom is 0.0991 e. The second-order valence-corrected chi connectivity index (χ2v) is 15.0. The molecule has 8 aromatic carbocycles. The quantitative estimate of drug-likeness (QED) is 0.182. The van der Waals surface area contributed by atoms with Crippen LogP contribution in [-0.2, 0) is 0 Å². The van der Waals surface area contributed by atoms with Gasteiger partial charge in [-0.15, -0.1) is 11.3 Å². The van der Waals surface area contributed by atoms with E-state index in [1.165, 1.54) is 42.0 Å². The molecule has 0 spiro atoms. The number of benzene rings is 8. The Bertz CT molecular complexity index is 3400. The number of fused-ring (bicyclic) bond motifs is 10. The number of nitriles is 2. The number of rotatable bonds is 4.